The first-order valence-electron chi connectivity index (χ1n) is 10.7. The zero-order chi connectivity index (χ0) is 25.8. The van der Waals surface area contributed by atoms with Crippen LogP contribution in [0.5, 0.6) is 0 Å². The van der Waals surface area contributed by atoms with Crippen molar-refractivity contribution < 1.29 is 32.6 Å². The first-order chi connectivity index (χ1) is 16.5. The molecule has 1 aromatic carbocycles. The first kappa shape index (κ1) is 25.8. The normalized spacial score (nSPS) is 11.4. The van der Waals surface area contributed by atoms with Crippen molar-refractivity contribution in [1.82, 2.24) is 20.0 Å². The molecule has 0 radical (unpaired) electrons. The van der Waals surface area contributed by atoms with Crippen LogP contribution in [0.25, 0.3) is 11.3 Å². The number of aliphatic hydroxyl groups excluding tert-OH is 1. The predicted molar refractivity (Wildman–Crippen MR) is 119 cm³/mol. The van der Waals surface area contributed by atoms with Gasteiger partial charge in [0.25, 0.3) is 0 Å². The Balaban J connectivity index is 1.94. The number of carbonyl (C=O) groups is 2. The van der Waals surface area contributed by atoms with Gasteiger partial charge in [-0.1, -0.05) is 0 Å². The van der Waals surface area contributed by atoms with Crippen molar-refractivity contribution in [3.05, 3.63) is 59.2 Å². The summed E-state index contributed by atoms with van der Waals surface area (Å²) in [6.07, 6.45) is 1.65. The zero-order valence-corrected chi connectivity index (χ0v) is 19.3. The molecular weight excluding hydrogens is 467 g/mol. The molecule has 0 spiro atoms. The third-order valence-corrected chi connectivity index (χ3v) is 4.71. The van der Waals surface area contributed by atoms with Gasteiger partial charge in [-0.15, -0.1) is 4.68 Å². The molecule has 0 unspecified atom stereocenters. The topological polar surface area (TPSA) is 119 Å². The average molecular weight is 491 g/mol. The lowest BCUT2D eigenvalue weighted by Crippen LogP contribution is -2.29. The number of aryl methyl sites for hydroxylation is 1. The highest BCUT2D eigenvalue weighted by Crippen LogP contribution is 2.30. The fraction of sp³-hybridized carbons (Fsp3) is 0.348. The predicted octanol–water partition coefficient (Wildman–Crippen LogP) is 3.65. The molecule has 2 N–H and O–H groups in total. The van der Waals surface area contributed by atoms with Gasteiger partial charge in [-0.2, -0.15) is 15.3 Å². The molecule has 2 heterocycles. The summed E-state index contributed by atoms with van der Waals surface area (Å²) in [6.45, 7) is 4.67. The van der Waals surface area contributed by atoms with Crippen LogP contribution in [0, 0.1) is 17.5 Å². The number of nitrogens with one attached hydrogen (secondary N) is 1. The number of aromatic nitrogens is 4. The van der Waals surface area contributed by atoms with Crippen molar-refractivity contribution >= 4 is 17.8 Å². The van der Waals surface area contributed by atoms with E-state index in [1.807, 2.05) is 0 Å². The average Bonchev–Trinajstić information content (AvgIpc) is 3.14. The summed E-state index contributed by atoms with van der Waals surface area (Å²) in [7, 11) is 0. The molecule has 1 amide bonds. The van der Waals surface area contributed by atoms with Crippen LogP contribution in [0.4, 0.5) is 23.8 Å². The number of aliphatic hydroxyl groups is 1. The maximum Gasteiger partial charge on any atom is 0.437 e. The third kappa shape index (κ3) is 6.41. The Bertz CT molecular complexity index is 1200. The monoisotopic (exact) mass is 491 g/mol. The Labute approximate surface area is 198 Å². The molecule has 0 fully saturated rings. The number of anilines is 1. The second-order valence-corrected chi connectivity index (χ2v) is 8.59. The number of nitrogens with zero attached hydrogens (tertiary/aromatic N) is 4. The van der Waals surface area contributed by atoms with E-state index >= 15 is 0 Å². The van der Waals surface area contributed by atoms with Crippen molar-refractivity contribution in [2.75, 3.05) is 11.9 Å². The highest BCUT2D eigenvalue weighted by Gasteiger charge is 2.27. The van der Waals surface area contributed by atoms with Crippen LogP contribution in [-0.4, -0.2) is 49.3 Å². The van der Waals surface area contributed by atoms with Crippen LogP contribution in [0.15, 0.2) is 30.6 Å². The molecule has 186 valence electrons. The minimum atomic E-state index is -1.59. The Morgan fingerprint density at radius 2 is 1.80 bits per heavy atom. The van der Waals surface area contributed by atoms with Crippen molar-refractivity contribution in [3.8, 4) is 11.3 Å². The van der Waals surface area contributed by atoms with Crippen LogP contribution in [0.1, 0.15) is 38.3 Å². The Hall–Kier alpha value is -3.80. The number of rotatable bonds is 7. The standard InChI is InChI=1S/C23H24F3N5O4/c1-23(2,3)35-22(34)31-21(15(7-9-32)20(30-31)14-6-8-27-28-12-14)29-18(33)5-4-13-10-16(24)19(26)17(25)11-13/h6,8,10-12,32H,4-5,7,9H2,1-3H3,(H,29,33). The van der Waals surface area contributed by atoms with Crippen LogP contribution in [-0.2, 0) is 22.4 Å². The largest absolute Gasteiger partial charge is 0.442 e. The van der Waals surface area contributed by atoms with E-state index in [-0.39, 0.29) is 42.9 Å². The van der Waals surface area contributed by atoms with E-state index in [0.29, 0.717) is 11.1 Å². The van der Waals surface area contributed by atoms with Gasteiger partial charge < -0.3 is 15.2 Å². The third-order valence-electron chi connectivity index (χ3n) is 4.71. The van der Waals surface area contributed by atoms with Gasteiger partial charge in [-0.05, 0) is 51.0 Å². The van der Waals surface area contributed by atoms with Crippen molar-refractivity contribution in [3.63, 3.8) is 0 Å². The number of halogens is 3. The smallest absolute Gasteiger partial charge is 0.437 e. The highest BCUT2D eigenvalue weighted by molar-refractivity contribution is 5.94. The van der Waals surface area contributed by atoms with Crippen LogP contribution in [0.2, 0.25) is 0 Å². The maximum atomic E-state index is 13.5. The molecule has 0 saturated heterocycles. The minimum Gasteiger partial charge on any atom is -0.442 e. The van der Waals surface area contributed by atoms with Crippen molar-refractivity contribution in [1.29, 1.82) is 0 Å². The second kappa shape index (κ2) is 10.6. The SMILES string of the molecule is CC(C)(C)OC(=O)n1nc(-c2ccnnc2)c(CCO)c1NC(=O)CCc1cc(F)c(F)c(F)c1. The summed E-state index contributed by atoms with van der Waals surface area (Å²) >= 11 is 0. The van der Waals surface area contributed by atoms with Crippen LogP contribution in [0.3, 0.4) is 0 Å². The van der Waals surface area contributed by atoms with Crippen LogP contribution >= 0.6 is 0 Å². The zero-order valence-electron chi connectivity index (χ0n) is 19.3. The van der Waals surface area contributed by atoms with Gasteiger partial charge in [-0.25, -0.2) is 18.0 Å². The Morgan fingerprint density at radius 1 is 1.11 bits per heavy atom. The van der Waals surface area contributed by atoms with Crippen molar-refractivity contribution in [2.24, 2.45) is 0 Å². The quantitative estimate of drug-likeness (QED) is 0.484. The molecule has 3 rings (SSSR count). The molecule has 0 bridgehead atoms. The molecule has 9 nitrogen and oxygen atoms in total. The van der Waals surface area contributed by atoms with Gasteiger partial charge >= 0.3 is 6.09 Å². The highest BCUT2D eigenvalue weighted by atomic mass is 19.2. The molecule has 0 atom stereocenters. The number of benzene rings is 1. The van der Waals surface area contributed by atoms with E-state index in [9.17, 15) is 27.9 Å². The maximum absolute atomic E-state index is 13.5. The van der Waals surface area contributed by atoms with Gasteiger partial charge in [0.2, 0.25) is 5.91 Å². The molecule has 0 aliphatic heterocycles. The Kier molecular flexibility index (Phi) is 7.85. The molecule has 3 aromatic rings. The molecule has 0 aliphatic rings. The van der Waals surface area contributed by atoms with Gasteiger partial charge in [-0.3, -0.25) is 4.79 Å². The lowest BCUT2D eigenvalue weighted by Gasteiger charge is -2.20. The summed E-state index contributed by atoms with van der Waals surface area (Å²) in [4.78, 5) is 25.6. The van der Waals surface area contributed by atoms with Gasteiger partial charge in [0.05, 0.1) is 12.4 Å². The molecule has 0 aliphatic carbocycles. The first-order valence-corrected chi connectivity index (χ1v) is 10.7. The van der Waals surface area contributed by atoms with Gasteiger partial charge in [0.1, 0.15) is 17.1 Å². The van der Waals surface area contributed by atoms with Gasteiger partial charge in [0, 0.05) is 30.6 Å². The number of carbonyl (C=O) groups excluding carboxylic acids is 2. The molecule has 2 aromatic heterocycles. The summed E-state index contributed by atoms with van der Waals surface area (Å²) in [5.74, 6) is -4.94. The number of hydrogen-bond acceptors (Lipinski definition) is 7. The van der Waals surface area contributed by atoms with E-state index in [0.717, 1.165) is 16.8 Å². The Morgan fingerprint density at radius 3 is 2.37 bits per heavy atom. The number of ether oxygens (including phenoxy) is 1. The fourth-order valence-corrected chi connectivity index (χ4v) is 3.23. The van der Waals surface area contributed by atoms with Crippen LogP contribution < -0.4 is 5.32 Å². The van der Waals surface area contributed by atoms with E-state index in [1.54, 1.807) is 26.8 Å². The fourth-order valence-electron chi connectivity index (χ4n) is 3.23. The second-order valence-electron chi connectivity index (χ2n) is 8.59. The molecule has 35 heavy (non-hydrogen) atoms. The number of amides is 1. The lowest BCUT2D eigenvalue weighted by molar-refractivity contribution is -0.116. The minimum absolute atomic E-state index is 0.0263. The summed E-state index contributed by atoms with van der Waals surface area (Å²) < 4.78 is 46.4. The molecule has 12 heteroatoms. The summed E-state index contributed by atoms with van der Waals surface area (Å²) in [5, 5.41) is 24.0. The number of hydrogen-bond donors (Lipinski definition) is 2. The van der Waals surface area contributed by atoms with E-state index in [1.165, 1.54) is 12.4 Å². The summed E-state index contributed by atoms with van der Waals surface area (Å²) in [5.41, 5.74) is 0.322. The van der Waals surface area contributed by atoms with E-state index < -0.39 is 35.1 Å². The van der Waals surface area contributed by atoms with Gasteiger partial charge in [0.15, 0.2) is 17.5 Å². The van der Waals surface area contributed by atoms with E-state index in [4.69, 9.17) is 4.74 Å². The molecular formula is C23H24F3N5O4. The lowest BCUT2D eigenvalue weighted by atomic mass is 10.1. The van der Waals surface area contributed by atoms with E-state index in [2.05, 4.69) is 20.6 Å². The summed E-state index contributed by atoms with van der Waals surface area (Å²) in [6, 6.07) is 3.21. The van der Waals surface area contributed by atoms with Crippen molar-refractivity contribution in [2.45, 2.75) is 45.6 Å². The molecule has 0 saturated carbocycles.